The number of anilines is 1. The fourth-order valence-electron chi connectivity index (χ4n) is 1.36. The first-order valence-electron chi connectivity index (χ1n) is 4.45. The van der Waals surface area contributed by atoms with E-state index in [0.29, 0.717) is 0 Å². The van der Waals surface area contributed by atoms with Gasteiger partial charge in [-0.3, -0.25) is 9.78 Å². The van der Waals surface area contributed by atoms with Crippen LogP contribution in [0.25, 0.3) is 0 Å². The van der Waals surface area contributed by atoms with Crippen LogP contribution < -0.4 is 10.2 Å². The van der Waals surface area contributed by atoms with E-state index in [2.05, 4.69) is 15.3 Å². The highest BCUT2D eigenvalue weighted by molar-refractivity contribution is 6.22. The van der Waals surface area contributed by atoms with Crippen LogP contribution in [-0.2, 0) is 4.79 Å². The van der Waals surface area contributed by atoms with Crippen molar-refractivity contribution in [3.8, 4) is 0 Å². The monoisotopic (exact) mass is 206 g/mol. The molecule has 0 unspecified atom stereocenters. The predicted molar refractivity (Wildman–Crippen MR) is 52.1 cm³/mol. The number of urea groups is 1. The SMILES string of the molecule is CC1(C)NC(=O)N(c2cnccn2)C1=O. The van der Waals surface area contributed by atoms with Crippen molar-refractivity contribution in [2.75, 3.05) is 4.90 Å². The van der Waals surface area contributed by atoms with E-state index >= 15 is 0 Å². The summed E-state index contributed by atoms with van der Waals surface area (Å²) in [5.74, 6) is -0.0847. The summed E-state index contributed by atoms with van der Waals surface area (Å²) in [5.41, 5.74) is -0.880. The van der Waals surface area contributed by atoms with Gasteiger partial charge in [0.05, 0.1) is 6.20 Å². The highest BCUT2D eigenvalue weighted by atomic mass is 16.2. The third-order valence-corrected chi connectivity index (χ3v) is 2.14. The zero-order valence-electron chi connectivity index (χ0n) is 8.39. The molecule has 1 aliphatic heterocycles. The van der Waals surface area contributed by atoms with Crippen molar-refractivity contribution in [2.45, 2.75) is 19.4 Å². The molecule has 1 aromatic heterocycles. The van der Waals surface area contributed by atoms with Crippen LogP contribution in [0.1, 0.15) is 13.8 Å². The number of rotatable bonds is 1. The summed E-state index contributed by atoms with van der Waals surface area (Å²) < 4.78 is 0. The van der Waals surface area contributed by atoms with E-state index in [1.54, 1.807) is 13.8 Å². The molecule has 0 aliphatic carbocycles. The molecule has 0 saturated carbocycles. The van der Waals surface area contributed by atoms with Crippen molar-refractivity contribution in [2.24, 2.45) is 0 Å². The molecular formula is C9H10N4O2. The van der Waals surface area contributed by atoms with Crippen molar-refractivity contribution in [3.05, 3.63) is 18.6 Å². The number of carbonyl (C=O) groups is 2. The Bertz CT molecular complexity index is 415. The maximum atomic E-state index is 11.8. The number of nitrogens with zero attached hydrogens (tertiary/aromatic N) is 3. The van der Waals surface area contributed by atoms with Crippen LogP contribution in [0.5, 0.6) is 0 Å². The maximum absolute atomic E-state index is 11.8. The summed E-state index contributed by atoms with van der Waals surface area (Å²) in [6.45, 7) is 3.28. The molecule has 1 N–H and O–H groups in total. The van der Waals surface area contributed by atoms with Gasteiger partial charge in [0.2, 0.25) is 0 Å². The standard InChI is InChI=1S/C9H10N4O2/c1-9(2)7(14)13(8(15)12-9)6-5-10-3-4-11-6/h3-5H,1-2H3,(H,12,15). The summed E-state index contributed by atoms with van der Waals surface area (Å²) in [5, 5.41) is 2.56. The summed E-state index contributed by atoms with van der Waals surface area (Å²) in [4.78, 5) is 32.1. The molecule has 78 valence electrons. The first-order valence-corrected chi connectivity index (χ1v) is 4.45. The number of hydrogen-bond acceptors (Lipinski definition) is 4. The highest BCUT2D eigenvalue weighted by Gasteiger charge is 2.45. The van der Waals surface area contributed by atoms with Crippen molar-refractivity contribution in [3.63, 3.8) is 0 Å². The number of amides is 3. The molecule has 0 radical (unpaired) electrons. The predicted octanol–water partition coefficient (Wildman–Crippen LogP) is 0.311. The fraction of sp³-hybridized carbons (Fsp3) is 0.333. The third-order valence-electron chi connectivity index (χ3n) is 2.14. The van der Waals surface area contributed by atoms with Gasteiger partial charge in [0.1, 0.15) is 5.54 Å². The van der Waals surface area contributed by atoms with Gasteiger partial charge in [-0.15, -0.1) is 0 Å². The summed E-state index contributed by atoms with van der Waals surface area (Å²) in [7, 11) is 0. The van der Waals surface area contributed by atoms with E-state index in [9.17, 15) is 9.59 Å². The van der Waals surface area contributed by atoms with Gasteiger partial charge in [-0.2, -0.15) is 0 Å². The molecule has 2 rings (SSSR count). The van der Waals surface area contributed by atoms with Gasteiger partial charge in [0, 0.05) is 12.4 Å². The minimum Gasteiger partial charge on any atom is -0.323 e. The molecule has 2 heterocycles. The van der Waals surface area contributed by atoms with Crippen LogP contribution in [0, 0.1) is 0 Å². The number of hydrogen-bond donors (Lipinski definition) is 1. The van der Waals surface area contributed by atoms with Crippen molar-refractivity contribution < 1.29 is 9.59 Å². The molecule has 0 spiro atoms. The van der Waals surface area contributed by atoms with Crippen LogP contribution in [-0.4, -0.2) is 27.4 Å². The highest BCUT2D eigenvalue weighted by Crippen LogP contribution is 2.21. The van der Waals surface area contributed by atoms with Gasteiger partial charge in [-0.1, -0.05) is 0 Å². The Morgan fingerprint density at radius 3 is 2.53 bits per heavy atom. The van der Waals surface area contributed by atoms with Crippen molar-refractivity contribution in [1.82, 2.24) is 15.3 Å². The molecule has 1 aliphatic rings. The van der Waals surface area contributed by atoms with Gasteiger partial charge >= 0.3 is 6.03 Å². The van der Waals surface area contributed by atoms with Crippen LogP contribution in [0.2, 0.25) is 0 Å². The van der Waals surface area contributed by atoms with E-state index in [-0.39, 0.29) is 11.7 Å². The van der Waals surface area contributed by atoms with Gasteiger partial charge in [-0.25, -0.2) is 14.7 Å². The van der Waals surface area contributed by atoms with E-state index in [4.69, 9.17) is 0 Å². The number of nitrogens with one attached hydrogen (secondary N) is 1. The van der Waals surface area contributed by atoms with Crippen LogP contribution in [0.15, 0.2) is 18.6 Å². The van der Waals surface area contributed by atoms with Crippen molar-refractivity contribution in [1.29, 1.82) is 0 Å². The molecule has 6 nitrogen and oxygen atoms in total. The molecule has 15 heavy (non-hydrogen) atoms. The smallest absolute Gasteiger partial charge is 0.323 e. The topological polar surface area (TPSA) is 75.2 Å². The lowest BCUT2D eigenvalue weighted by atomic mass is 10.1. The maximum Gasteiger partial charge on any atom is 0.330 e. The van der Waals surface area contributed by atoms with E-state index in [1.165, 1.54) is 18.6 Å². The molecular weight excluding hydrogens is 196 g/mol. The quantitative estimate of drug-likeness (QED) is 0.671. The second-order valence-electron chi connectivity index (χ2n) is 3.76. The Labute approximate surface area is 86.3 Å². The third kappa shape index (κ3) is 1.43. The molecule has 1 saturated heterocycles. The first-order chi connectivity index (χ1) is 7.02. The lowest BCUT2D eigenvalue weighted by molar-refractivity contribution is -0.121. The number of carbonyl (C=O) groups excluding carboxylic acids is 2. The number of imide groups is 1. The number of aromatic nitrogens is 2. The van der Waals surface area contributed by atoms with Crippen LogP contribution >= 0.6 is 0 Å². The Morgan fingerprint density at radius 1 is 1.33 bits per heavy atom. The van der Waals surface area contributed by atoms with Gasteiger partial charge in [0.15, 0.2) is 5.82 Å². The molecule has 0 atom stereocenters. The second kappa shape index (κ2) is 3.01. The second-order valence-corrected chi connectivity index (χ2v) is 3.76. The van der Waals surface area contributed by atoms with E-state index < -0.39 is 11.6 Å². The zero-order valence-corrected chi connectivity index (χ0v) is 8.39. The lowest BCUT2D eigenvalue weighted by Gasteiger charge is -2.14. The average Bonchev–Trinajstić information content (AvgIpc) is 2.38. The van der Waals surface area contributed by atoms with Crippen LogP contribution in [0.4, 0.5) is 10.6 Å². The largest absolute Gasteiger partial charge is 0.330 e. The first kappa shape index (κ1) is 9.57. The van der Waals surface area contributed by atoms with E-state index in [0.717, 1.165) is 4.90 Å². The minimum absolute atomic E-state index is 0.241. The lowest BCUT2D eigenvalue weighted by Crippen LogP contribution is -2.40. The average molecular weight is 206 g/mol. The Kier molecular flexibility index (Phi) is 1.92. The molecule has 1 aromatic rings. The van der Waals surface area contributed by atoms with Gasteiger partial charge in [-0.05, 0) is 13.8 Å². The Morgan fingerprint density at radius 2 is 2.07 bits per heavy atom. The summed E-state index contributed by atoms with van der Waals surface area (Å²) >= 11 is 0. The Hall–Kier alpha value is -1.98. The van der Waals surface area contributed by atoms with E-state index in [1.807, 2.05) is 0 Å². The fourth-order valence-corrected chi connectivity index (χ4v) is 1.36. The molecule has 0 aromatic carbocycles. The molecule has 0 bridgehead atoms. The zero-order chi connectivity index (χ0) is 11.1. The minimum atomic E-state index is -0.880. The molecule has 3 amide bonds. The van der Waals surface area contributed by atoms with Crippen LogP contribution in [0.3, 0.4) is 0 Å². The normalized spacial score (nSPS) is 19.2. The summed E-state index contributed by atoms with van der Waals surface area (Å²) in [6, 6.07) is -0.467. The molecule has 1 fully saturated rings. The van der Waals surface area contributed by atoms with Gasteiger partial charge in [0.25, 0.3) is 5.91 Å². The summed E-state index contributed by atoms with van der Waals surface area (Å²) in [6.07, 6.45) is 4.28. The van der Waals surface area contributed by atoms with Gasteiger partial charge < -0.3 is 5.32 Å². The van der Waals surface area contributed by atoms with Crippen molar-refractivity contribution >= 4 is 17.8 Å². The Balaban J connectivity index is 2.40. The molecule has 6 heteroatoms.